The van der Waals surface area contributed by atoms with E-state index in [-0.39, 0.29) is 0 Å². The molecule has 2 aliphatic rings. The van der Waals surface area contributed by atoms with Crippen molar-refractivity contribution in [2.75, 3.05) is 20.1 Å². The van der Waals surface area contributed by atoms with Gasteiger partial charge in [-0.25, -0.2) is 0 Å². The molecule has 2 heteroatoms. The molecule has 112 valence electrons. The van der Waals surface area contributed by atoms with Crippen LogP contribution in [0.3, 0.4) is 0 Å². The van der Waals surface area contributed by atoms with Gasteiger partial charge >= 0.3 is 0 Å². The molecule has 2 rings (SSSR count). The molecule has 0 aromatic heterocycles. The second-order valence-corrected chi connectivity index (χ2v) is 7.05. The Kier molecular flexibility index (Phi) is 6.66. The molecule has 2 fully saturated rings. The maximum Gasteiger partial charge on any atom is 0.0107 e. The first-order valence-corrected chi connectivity index (χ1v) is 8.69. The smallest absolute Gasteiger partial charge is 0.0107 e. The topological polar surface area (TPSA) is 15.3 Å². The molecule has 0 bridgehead atoms. The lowest BCUT2D eigenvalue weighted by Gasteiger charge is -2.30. The van der Waals surface area contributed by atoms with E-state index in [9.17, 15) is 0 Å². The number of rotatable bonds is 5. The summed E-state index contributed by atoms with van der Waals surface area (Å²) in [6, 6.07) is 1.65. The van der Waals surface area contributed by atoms with Crippen LogP contribution < -0.4 is 5.32 Å². The second-order valence-electron chi connectivity index (χ2n) is 7.05. The number of nitrogens with zero attached hydrogens (tertiary/aromatic N) is 1. The van der Waals surface area contributed by atoms with Gasteiger partial charge in [0.2, 0.25) is 0 Å². The fraction of sp³-hybridized carbons (Fsp3) is 1.00. The van der Waals surface area contributed by atoms with Crippen molar-refractivity contribution in [3.63, 3.8) is 0 Å². The third-order valence-corrected chi connectivity index (χ3v) is 5.28. The lowest BCUT2D eigenvalue weighted by atomic mass is 9.87. The predicted octanol–water partition coefficient (Wildman–Crippen LogP) is 3.81. The highest BCUT2D eigenvalue weighted by Gasteiger charge is 2.19. The maximum absolute atomic E-state index is 3.80. The average Bonchev–Trinajstić information content (AvgIpc) is 2.67. The van der Waals surface area contributed by atoms with Crippen molar-refractivity contribution in [2.45, 2.75) is 83.2 Å². The van der Waals surface area contributed by atoms with E-state index in [1.807, 2.05) is 0 Å². The Hall–Kier alpha value is -0.0800. The zero-order valence-corrected chi connectivity index (χ0v) is 13.2. The van der Waals surface area contributed by atoms with Crippen molar-refractivity contribution >= 4 is 0 Å². The number of hydrogen-bond acceptors (Lipinski definition) is 2. The van der Waals surface area contributed by atoms with Crippen molar-refractivity contribution in [1.29, 1.82) is 0 Å². The molecule has 0 radical (unpaired) electrons. The Labute approximate surface area is 120 Å². The summed E-state index contributed by atoms with van der Waals surface area (Å²) in [5.41, 5.74) is 0. The normalized spacial score (nSPS) is 30.5. The largest absolute Gasteiger partial charge is 0.313 e. The molecule has 0 aromatic carbocycles. The lowest BCUT2D eigenvalue weighted by Crippen LogP contribution is -2.41. The van der Waals surface area contributed by atoms with Gasteiger partial charge in [0.15, 0.2) is 0 Å². The first kappa shape index (κ1) is 15.3. The summed E-state index contributed by atoms with van der Waals surface area (Å²) >= 11 is 0. The van der Waals surface area contributed by atoms with Gasteiger partial charge in [0.05, 0.1) is 0 Å². The van der Waals surface area contributed by atoms with E-state index in [0.29, 0.717) is 0 Å². The molecule has 0 amide bonds. The highest BCUT2D eigenvalue weighted by molar-refractivity contribution is 4.77. The number of nitrogens with one attached hydrogen (secondary N) is 1. The van der Waals surface area contributed by atoms with Crippen molar-refractivity contribution in [1.82, 2.24) is 10.2 Å². The standard InChI is InChI=1S/C17H34N2/c1-15-8-7-9-16(14-15)18-12-13-19(2)17-10-5-3-4-6-11-17/h15-18H,3-14H2,1-2H3. The first-order valence-electron chi connectivity index (χ1n) is 8.69. The van der Waals surface area contributed by atoms with Crippen LogP contribution >= 0.6 is 0 Å². The monoisotopic (exact) mass is 266 g/mol. The van der Waals surface area contributed by atoms with E-state index < -0.39 is 0 Å². The van der Waals surface area contributed by atoms with Crippen molar-refractivity contribution in [3.8, 4) is 0 Å². The minimum absolute atomic E-state index is 0.797. The molecule has 1 N–H and O–H groups in total. The van der Waals surface area contributed by atoms with E-state index >= 15 is 0 Å². The third-order valence-electron chi connectivity index (χ3n) is 5.28. The minimum Gasteiger partial charge on any atom is -0.313 e. The molecule has 2 atom stereocenters. The van der Waals surface area contributed by atoms with Gasteiger partial charge in [0.1, 0.15) is 0 Å². The lowest BCUT2D eigenvalue weighted by molar-refractivity contribution is 0.212. The second kappa shape index (κ2) is 8.26. The van der Waals surface area contributed by atoms with Crippen molar-refractivity contribution in [2.24, 2.45) is 5.92 Å². The van der Waals surface area contributed by atoms with Gasteiger partial charge in [-0.2, -0.15) is 0 Å². The summed E-state index contributed by atoms with van der Waals surface area (Å²) in [5, 5.41) is 3.80. The SMILES string of the molecule is CC1CCCC(NCCN(C)C2CCCCCC2)C1. The van der Waals surface area contributed by atoms with Crippen LogP contribution in [0, 0.1) is 5.92 Å². The van der Waals surface area contributed by atoms with E-state index in [4.69, 9.17) is 0 Å². The molecule has 2 aliphatic carbocycles. The summed E-state index contributed by atoms with van der Waals surface area (Å²) < 4.78 is 0. The maximum atomic E-state index is 3.80. The molecule has 0 aromatic rings. The van der Waals surface area contributed by atoms with Crippen LogP contribution in [0.4, 0.5) is 0 Å². The first-order chi connectivity index (χ1) is 9.25. The Bertz CT molecular complexity index is 233. The molecule has 2 unspecified atom stereocenters. The minimum atomic E-state index is 0.797. The van der Waals surface area contributed by atoms with Crippen LogP contribution in [0.1, 0.15) is 71.1 Å². The van der Waals surface area contributed by atoms with Crippen molar-refractivity contribution < 1.29 is 0 Å². The molecule has 0 heterocycles. The van der Waals surface area contributed by atoms with Crippen LogP contribution in [0.2, 0.25) is 0 Å². The Morgan fingerprint density at radius 1 is 0.947 bits per heavy atom. The van der Waals surface area contributed by atoms with Gasteiger partial charge < -0.3 is 10.2 Å². The molecule has 2 saturated carbocycles. The highest BCUT2D eigenvalue weighted by Crippen LogP contribution is 2.23. The molecular formula is C17H34N2. The zero-order chi connectivity index (χ0) is 13.5. The summed E-state index contributed by atoms with van der Waals surface area (Å²) in [6.07, 6.45) is 14.3. The highest BCUT2D eigenvalue weighted by atomic mass is 15.1. The van der Waals surface area contributed by atoms with Crippen LogP contribution in [0.5, 0.6) is 0 Å². The zero-order valence-electron chi connectivity index (χ0n) is 13.2. The van der Waals surface area contributed by atoms with Gasteiger partial charge in [0.25, 0.3) is 0 Å². The Morgan fingerprint density at radius 2 is 1.68 bits per heavy atom. The van der Waals surface area contributed by atoms with E-state index in [0.717, 1.165) is 18.0 Å². The third kappa shape index (κ3) is 5.43. The van der Waals surface area contributed by atoms with E-state index in [1.54, 1.807) is 0 Å². The van der Waals surface area contributed by atoms with Crippen LogP contribution in [-0.4, -0.2) is 37.1 Å². The molecule has 0 saturated heterocycles. The van der Waals surface area contributed by atoms with E-state index in [2.05, 4.69) is 24.2 Å². The summed E-state index contributed by atoms with van der Waals surface area (Å²) in [4.78, 5) is 2.62. The summed E-state index contributed by atoms with van der Waals surface area (Å²) in [6.45, 7) is 4.82. The number of hydrogen-bond donors (Lipinski definition) is 1. The Balaban J connectivity index is 1.61. The summed E-state index contributed by atoms with van der Waals surface area (Å²) in [7, 11) is 2.33. The number of likely N-dealkylation sites (N-methyl/N-ethyl adjacent to an activating group) is 1. The quantitative estimate of drug-likeness (QED) is 0.761. The molecule has 0 spiro atoms. The van der Waals surface area contributed by atoms with Gasteiger partial charge in [-0.1, -0.05) is 45.4 Å². The van der Waals surface area contributed by atoms with Gasteiger partial charge in [0, 0.05) is 25.2 Å². The van der Waals surface area contributed by atoms with Gasteiger partial charge in [-0.3, -0.25) is 0 Å². The molecule has 2 nitrogen and oxygen atoms in total. The van der Waals surface area contributed by atoms with Crippen molar-refractivity contribution in [3.05, 3.63) is 0 Å². The van der Waals surface area contributed by atoms with Gasteiger partial charge in [-0.15, -0.1) is 0 Å². The molecule has 0 aliphatic heterocycles. The predicted molar refractivity (Wildman–Crippen MR) is 83.5 cm³/mol. The van der Waals surface area contributed by atoms with Crippen LogP contribution in [0.15, 0.2) is 0 Å². The molecular weight excluding hydrogens is 232 g/mol. The fourth-order valence-corrected chi connectivity index (χ4v) is 3.95. The van der Waals surface area contributed by atoms with Crippen LogP contribution in [0.25, 0.3) is 0 Å². The fourth-order valence-electron chi connectivity index (χ4n) is 3.95. The summed E-state index contributed by atoms with van der Waals surface area (Å²) in [5.74, 6) is 0.936. The van der Waals surface area contributed by atoms with Crippen LogP contribution in [-0.2, 0) is 0 Å². The van der Waals surface area contributed by atoms with E-state index in [1.165, 1.54) is 77.3 Å². The van der Waals surface area contributed by atoms with Gasteiger partial charge in [-0.05, 0) is 38.6 Å². The average molecular weight is 266 g/mol. The molecule has 19 heavy (non-hydrogen) atoms. The Morgan fingerprint density at radius 3 is 2.37 bits per heavy atom.